The van der Waals surface area contributed by atoms with Gasteiger partial charge < -0.3 is 15.2 Å². The fraction of sp³-hybridized carbons (Fsp3) is 1.00. The van der Waals surface area contributed by atoms with Gasteiger partial charge in [0.25, 0.3) is 0 Å². The molecule has 14 heavy (non-hydrogen) atoms. The Labute approximate surface area is 86.9 Å². The van der Waals surface area contributed by atoms with Crippen LogP contribution in [0.2, 0.25) is 0 Å². The average Bonchev–Trinajstić information content (AvgIpc) is 2.15. The largest absolute Gasteiger partial charge is 0.379 e. The molecule has 84 valence electrons. The van der Waals surface area contributed by atoms with Crippen molar-refractivity contribution in [1.29, 1.82) is 0 Å². The Morgan fingerprint density at radius 2 is 2.29 bits per heavy atom. The summed E-state index contributed by atoms with van der Waals surface area (Å²) in [5, 5.41) is 0. The quantitative estimate of drug-likeness (QED) is 0.686. The molecule has 2 atom stereocenters. The van der Waals surface area contributed by atoms with Crippen LogP contribution in [0.25, 0.3) is 0 Å². The number of hydrogen-bond donors (Lipinski definition) is 1. The Kier molecular flexibility index (Phi) is 5.45. The summed E-state index contributed by atoms with van der Waals surface area (Å²) < 4.78 is 11.0. The van der Waals surface area contributed by atoms with Crippen molar-refractivity contribution in [3.05, 3.63) is 0 Å². The topological polar surface area (TPSA) is 44.5 Å². The van der Waals surface area contributed by atoms with Crippen molar-refractivity contribution in [3.8, 4) is 0 Å². The maximum Gasteiger partial charge on any atom is 0.0959 e. The summed E-state index contributed by atoms with van der Waals surface area (Å²) in [6, 6.07) is 0.169. The van der Waals surface area contributed by atoms with Crippen LogP contribution in [0.3, 0.4) is 0 Å². The van der Waals surface area contributed by atoms with Crippen LogP contribution in [0.4, 0.5) is 0 Å². The third kappa shape index (κ3) is 4.40. The third-order valence-electron chi connectivity index (χ3n) is 2.61. The number of nitrogens with two attached hydrogens (primary N) is 1. The van der Waals surface area contributed by atoms with Crippen molar-refractivity contribution < 1.29 is 9.47 Å². The SMILES string of the molecule is CC(C)CCCOC1COCCC1N. The lowest BCUT2D eigenvalue weighted by atomic mass is 10.1. The van der Waals surface area contributed by atoms with E-state index in [2.05, 4.69) is 13.8 Å². The van der Waals surface area contributed by atoms with E-state index in [0.29, 0.717) is 6.61 Å². The molecule has 0 amide bonds. The molecule has 3 heteroatoms. The molecular weight excluding hydrogens is 178 g/mol. The normalized spacial score (nSPS) is 28.3. The maximum absolute atomic E-state index is 5.92. The highest BCUT2D eigenvalue weighted by Crippen LogP contribution is 2.11. The van der Waals surface area contributed by atoms with E-state index in [4.69, 9.17) is 15.2 Å². The predicted octanol–water partition coefficient (Wildman–Crippen LogP) is 1.56. The zero-order chi connectivity index (χ0) is 10.4. The van der Waals surface area contributed by atoms with Gasteiger partial charge in [0.2, 0.25) is 0 Å². The molecule has 0 radical (unpaired) electrons. The van der Waals surface area contributed by atoms with Crippen molar-refractivity contribution in [1.82, 2.24) is 0 Å². The van der Waals surface area contributed by atoms with Crippen LogP contribution in [-0.4, -0.2) is 32.0 Å². The summed E-state index contributed by atoms with van der Waals surface area (Å²) in [6.45, 7) is 6.74. The van der Waals surface area contributed by atoms with Crippen LogP contribution in [0.15, 0.2) is 0 Å². The fourth-order valence-electron chi connectivity index (χ4n) is 1.63. The first-order chi connectivity index (χ1) is 6.70. The molecule has 1 aliphatic rings. The molecule has 3 nitrogen and oxygen atoms in total. The van der Waals surface area contributed by atoms with Gasteiger partial charge in [0.15, 0.2) is 0 Å². The Bertz CT molecular complexity index is 150. The van der Waals surface area contributed by atoms with Gasteiger partial charge in [-0.05, 0) is 25.2 Å². The highest BCUT2D eigenvalue weighted by Gasteiger charge is 2.22. The van der Waals surface area contributed by atoms with Crippen LogP contribution in [0, 0.1) is 5.92 Å². The van der Waals surface area contributed by atoms with Crippen LogP contribution in [-0.2, 0) is 9.47 Å². The van der Waals surface area contributed by atoms with Crippen molar-refractivity contribution in [2.24, 2.45) is 11.7 Å². The second-order valence-electron chi connectivity index (χ2n) is 4.47. The second-order valence-corrected chi connectivity index (χ2v) is 4.47. The Morgan fingerprint density at radius 3 is 2.93 bits per heavy atom. The van der Waals surface area contributed by atoms with Gasteiger partial charge in [-0.2, -0.15) is 0 Å². The van der Waals surface area contributed by atoms with Crippen LogP contribution in [0.1, 0.15) is 33.1 Å². The average molecular weight is 201 g/mol. The number of rotatable bonds is 5. The standard InChI is InChI=1S/C11H23NO2/c1-9(2)4-3-6-14-11-8-13-7-5-10(11)12/h9-11H,3-8,12H2,1-2H3. The molecule has 1 heterocycles. The Morgan fingerprint density at radius 1 is 1.50 bits per heavy atom. The molecule has 1 fully saturated rings. The molecule has 0 aromatic heterocycles. The molecular formula is C11H23NO2. The molecule has 0 bridgehead atoms. The lowest BCUT2D eigenvalue weighted by Gasteiger charge is -2.28. The van der Waals surface area contributed by atoms with E-state index in [-0.39, 0.29) is 12.1 Å². The van der Waals surface area contributed by atoms with Crippen LogP contribution < -0.4 is 5.73 Å². The van der Waals surface area contributed by atoms with Gasteiger partial charge in [-0.3, -0.25) is 0 Å². The zero-order valence-corrected chi connectivity index (χ0v) is 9.37. The van der Waals surface area contributed by atoms with Crippen LogP contribution in [0.5, 0.6) is 0 Å². The highest BCUT2D eigenvalue weighted by atomic mass is 16.5. The van der Waals surface area contributed by atoms with Gasteiger partial charge in [-0.15, -0.1) is 0 Å². The molecule has 0 spiro atoms. The zero-order valence-electron chi connectivity index (χ0n) is 9.37. The van der Waals surface area contributed by atoms with E-state index in [9.17, 15) is 0 Å². The fourth-order valence-corrected chi connectivity index (χ4v) is 1.63. The summed E-state index contributed by atoms with van der Waals surface area (Å²) in [5.74, 6) is 0.759. The summed E-state index contributed by atoms with van der Waals surface area (Å²) in [7, 11) is 0. The van der Waals surface area contributed by atoms with E-state index >= 15 is 0 Å². The molecule has 1 aliphatic heterocycles. The van der Waals surface area contributed by atoms with E-state index in [0.717, 1.165) is 32.0 Å². The predicted molar refractivity (Wildman–Crippen MR) is 57.2 cm³/mol. The van der Waals surface area contributed by atoms with Crippen LogP contribution >= 0.6 is 0 Å². The first-order valence-corrected chi connectivity index (χ1v) is 5.65. The lowest BCUT2D eigenvalue weighted by molar-refractivity contribution is -0.0621. The first kappa shape index (κ1) is 12.0. The molecule has 2 unspecified atom stereocenters. The lowest BCUT2D eigenvalue weighted by Crippen LogP contribution is -2.44. The Balaban J connectivity index is 2.04. The highest BCUT2D eigenvalue weighted by molar-refractivity contribution is 4.76. The molecule has 0 aromatic rings. The van der Waals surface area contributed by atoms with Crippen molar-refractivity contribution in [2.45, 2.75) is 45.3 Å². The Hall–Kier alpha value is -0.120. The van der Waals surface area contributed by atoms with Gasteiger partial charge in [0.05, 0.1) is 12.7 Å². The minimum atomic E-state index is 0.121. The minimum Gasteiger partial charge on any atom is -0.379 e. The maximum atomic E-state index is 5.92. The minimum absolute atomic E-state index is 0.121. The van der Waals surface area contributed by atoms with Crippen molar-refractivity contribution >= 4 is 0 Å². The molecule has 1 saturated heterocycles. The monoisotopic (exact) mass is 201 g/mol. The molecule has 0 aromatic carbocycles. The summed E-state index contributed by atoms with van der Waals surface area (Å²) in [6.07, 6.45) is 3.40. The van der Waals surface area contributed by atoms with Gasteiger partial charge in [0, 0.05) is 19.3 Å². The third-order valence-corrected chi connectivity index (χ3v) is 2.61. The van der Waals surface area contributed by atoms with Gasteiger partial charge in [-0.25, -0.2) is 0 Å². The van der Waals surface area contributed by atoms with Crippen molar-refractivity contribution in [2.75, 3.05) is 19.8 Å². The van der Waals surface area contributed by atoms with E-state index in [1.807, 2.05) is 0 Å². The number of ether oxygens (including phenoxy) is 2. The van der Waals surface area contributed by atoms with Gasteiger partial charge >= 0.3 is 0 Å². The van der Waals surface area contributed by atoms with Gasteiger partial charge in [0.1, 0.15) is 0 Å². The second kappa shape index (κ2) is 6.38. The molecule has 1 rings (SSSR count). The van der Waals surface area contributed by atoms with Gasteiger partial charge in [-0.1, -0.05) is 13.8 Å². The summed E-state index contributed by atoms with van der Waals surface area (Å²) in [4.78, 5) is 0. The molecule has 0 saturated carbocycles. The number of hydrogen-bond acceptors (Lipinski definition) is 3. The van der Waals surface area contributed by atoms with Crippen molar-refractivity contribution in [3.63, 3.8) is 0 Å². The van der Waals surface area contributed by atoms with E-state index in [1.54, 1.807) is 0 Å². The summed E-state index contributed by atoms with van der Waals surface area (Å²) >= 11 is 0. The molecule has 2 N–H and O–H groups in total. The van der Waals surface area contributed by atoms with E-state index < -0.39 is 0 Å². The summed E-state index contributed by atoms with van der Waals surface area (Å²) in [5.41, 5.74) is 5.92. The first-order valence-electron chi connectivity index (χ1n) is 5.65. The molecule has 0 aliphatic carbocycles. The smallest absolute Gasteiger partial charge is 0.0959 e. The van der Waals surface area contributed by atoms with E-state index in [1.165, 1.54) is 6.42 Å².